The monoisotopic (exact) mass is 371 g/mol. The maximum Gasteiger partial charge on any atom is 0.254 e. The van der Waals surface area contributed by atoms with E-state index in [2.05, 4.69) is 49.0 Å². The normalized spacial score (nSPS) is 14.0. The molecular formula is C24H25N3O. The Morgan fingerprint density at radius 3 is 2.57 bits per heavy atom. The van der Waals surface area contributed by atoms with Gasteiger partial charge in [-0.1, -0.05) is 12.0 Å². The van der Waals surface area contributed by atoms with Gasteiger partial charge in [-0.2, -0.15) is 0 Å². The molecule has 1 aliphatic heterocycles. The third-order valence-corrected chi connectivity index (χ3v) is 5.73. The third-order valence-electron chi connectivity index (χ3n) is 5.73. The Morgan fingerprint density at radius 2 is 1.82 bits per heavy atom. The van der Waals surface area contributed by atoms with Gasteiger partial charge in [0.2, 0.25) is 0 Å². The summed E-state index contributed by atoms with van der Waals surface area (Å²) in [6.45, 7) is 7.73. The van der Waals surface area contributed by atoms with Gasteiger partial charge >= 0.3 is 0 Å². The number of hydrogen-bond acceptors (Lipinski definition) is 2. The number of imidazole rings is 1. The molecule has 0 aliphatic carbocycles. The number of benzene rings is 1. The van der Waals surface area contributed by atoms with Crippen LogP contribution >= 0.6 is 0 Å². The SMILES string of the molecule is CC#Cc1cnc2ccc(-c3ccc(C(=O)N4CCCCC4)c(C)c3C)cn12. The van der Waals surface area contributed by atoms with Crippen molar-refractivity contribution in [2.45, 2.75) is 40.0 Å². The molecule has 1 saturated heterocycles. The summed E-state index contributed by atoms with van der Waals surface area (Å²) in [6.07, 6.45) is 7.32. The highest BCUT2D eigenvalue weighted by Gasteiger charge is 2.21. The van der Waals surface area contributed by atoms with Crippen molar-refractivity contribution in [3.8, 4) is 23.0 Å². The van der Waals surface area contributed by atoms with Gasteiger partial charge in [-0.15, -0.1) is 0 Å². The molecule has 0 unspecified atom stereocenters. The Kier molecular flexibility index (Phi) is 4.92. The van der Waals surface area contributed by atoms with Crippen LogP contribution in [0.25, 0.3) is 16.8 Å². The van der Waals surface area contributed by atoms with Crippen LogP contribution in [0.5, 0.6) is 0 Å². The largest absolute Gasteiger partial charge is 0.339 e. The second kappa shape index (κ2) is 7.52. The Labute approximate surface area is 166 Å². The highest BCUT2D eigenvalue weighted by atomic mass is 16.2. The van der Waals surface area contributed by atoms with Crippen molar-refractivity contribution in [1.82, 2.24) is 14.3 Å². The average Bonchev–Trinajstić information content (AvgIpc) is 3.12. The smallest absolute Gasteiger partial charge is 0.254 e. The van der Waals surface area contributed by atoms with Gasteiger partial charge in [-0.05, 0) is 86.4 Å². The van der Waals surface area contributed by atoms with Crippen molar-refractivity contribution < 1.29 is 4.79 Å². The fourth-order valence-corrected chi connectivity index (χ4v) is 3.99. The number of likely N-dealkylation sites (tertiary alicyclic amines) is 1. The molecule has 28 heavy (non-hydrogen) atoms. The standard InChI is InChI=1S/C24H25N3O/c1-4-8-20-15-25-23-12-9-19(16-27(20)23)21-10-11-22(18(3)17(21)2)24(28)26-13-6-5-7-14-26/h9-12,15-16H,5-7,13-14H2,1-3H3. The maximum atomic E-state index is 13.0. The first-order valence-electron chi connectivity index (χ1n) is 9.90. The first-order valence-corrected chi connectivity index (χ1v) is 9.90. The van der Waals surface area contributed by atoms with Crippen molar-refractivity contribution in [3.63, 3.8) is 0 Å². The molecule has 1 amide bonds. The van der Waals surface area contributed by atoms with Crippen molar-refractivity contribution in [3.05, 3.63) is 59.0 Å². The van der Waals surface area contributed by atoms with E-state index >= 15 is 0 Å². The van der Waals surface area contributed by atoms with Crippen LogP contribution < -0.4 is 0 Å². The number of piperidine rings is 1. The fourth-order valence-electron chi connectivity index (χ4n) is 3.99. The summed E-state index contributed by atoms with van der Waals surface area (Å²) in [5.74, 6) is 6.20. The van der Waals surface area contributed by atoms with Gasteiger partial charge in [0.15, 0.2) is 0 Å². The van der Waals surface area contributed by atoms with Crippen molar-refractivity contribution in [1.29, 1.82) is 0 Å². The highest BCUT2D eigenvalue weighted by molar-refractivity contribution is 5.97. The van der Waals surface area contributed by atoms with E-state index in [1.165, 1.54) is 6.42 Å². The number of carbonyl (C=O) groups is 1. The van der Waals surface area contributed by atoms with Gasteiger partial charge in [0.1, 0.15) is 11.3 Å². The Morgan fingerprint density at radius 1 is 1.04 bits per heavy atom. The van der Waals surface area contributed by atoms with E-state index in [1.807, 2.05) is 28.4 Å². The molecule has 3 heterocycles. The van der Waals surface area contributed by atoms with Gasteiger partial charge in [-0.25, -0.2) is 4.98 Å². The molecule has 0 spiro atoms. The molecule has 1 aliphatic rings. The zero-order chi connectivity index (χ0) is 19.7. The van der Waals surface area contributed by atoms with Crippen molar-refractivity contribution >= 4 is 11.6 Å². The topological polar surface area (TPSA) is 37.6 Å². The maximum absolute atomic E-state index is 13.0. The van der Waals surface area contributed by atoms with Crippen LogP contribution in [-0.4, -0.2) is 33.3 Å². The van der Waals surface area contributed by atoms with E-state index in [1.54, 1.807) is 6.20 Å². The molecule has 0 bridgehead atoms. The zero-order valence-electron chi connectivity index (χ0n) is 16.7. The van der Waals surface area contributed by atoms with Crippen molar-refractivity contribution in [2.75, 3.05) is 13.1 Å². The number of rotatable bonds is 2. The van der Waals surface area contributed by atoms with E-state index in [0.717, 1.165) is 65.1 Å². The number of amides is 1. The van der Waals surface area contributed by atoms with Crippen LogP contribution in [0.4, 0.5) is 0 Å². The molecule has 2 aromatic heterocycles. The van der Waals surface area contributed by atoms with Crippen LogP contribution in [-0.2, 0) is 0 Å². The first-order chi connectivity index (χ1) is 13.6. The minimum atomic E-state index is 0.164. The summed E-state index contributed by atoms with van der Waals surface area (Å²) in [4.78, 5) is 19.4. The molecule has 4 rings (SSSR count). The molecule has 4 nitrogen and oxygen atoms in total. The third kappa shape index (κ3) is 3.18. The second-order valence-electron chi connectivity index (χ2n) is 7.43. The minimum Gasteiger partial charge on any atom is -0.339 e. The van der Waals surface area contributed by atoms with Crippen LogP contribution in [0.1, 0.15) is 53.4 Å². The van der Waals surface area contributed by atoms with E-state index in [-0.39, 0.29) is 5.91 Å². The molecule has 4 heteroatoms. The summed E-state index contributed by atoms with van der Waals surface area (Å²) in [5.41, 5.74) is 7.03. The van der Waals surface area contributed by atoms with Gasteiger partial charge in [0, 0.05) is 24.8 Å². The van der Waals surface area contributed by atoms with Crippen LogP contribution in [0.2, 0.25) is 0 Å². The van der Waals surface area contributed by atoms with E-state index < -0.39 is 0 Å². The second-order valence-corrected chi connectivity index (χ2v) is 7.43. The van der Waals surface area contributed by atoms with E-state index in [0.29, 0.717) is 0 Å². The minimum absolute atomic E-state index is 0.164. The lowest BCUT2D eigenvalue weighted by Crippen LogP contribution is -2.36. The van der Waals surface area contributed by atoms with Gasteiger partial charge in [-0.3, -0.25) is 9.20 Å². The summed E-state index contributed by atoms with van der Waals surface area (Å²) in [7, 11) is 0. The number of hydrogen-bond donors (Lipinski definition) is 0. The van der Waals surface area contributed by atoms with Crippen LogP contribution in [0.15, 0.2) is 36.7 Å². The first kappa shape index (κ1) is 18.3. The molecule has 0 radical (unpaired) electrons. The molecule has 0 N–H and O–H groups in total. The Balaban J connectivity index is 1.73. The van der Waals surface area contributed by atoms with Crippen LogP contribution in [0, 0.1) is 25.7 Å². The molecule has 0 atom stereocenters. The van der Waals surface area contributed by atoms with Gasteiger partial charge in [0.05, 0.1) is 6.20 Å². The number of nitrogens with zero attached hydrogens (tertiary/aromatic N) is 3. The summed E-state index contributed by atoms with van der Waals surface area (Å²) in [5, 5.41) is 0. The Hall–Kier alpha value is -3.06. The lowest BCUT2D eigenvalue weighted by atomic mass is 9.93. The Bertz CT molecular complexity index is 1110. The molecule has 1 fully saturated rings. The predicted molar refractivity (Wildman–Crippen MR) is 112 cm³/mol. The average molecular weight is 371 g/mol. The van der Waals surface area contributed by atoms with E-state index in [9.17, 15) is 4.79 Å². The number of fused-ring (bicyclic) bond motifs is 1. The summed E-state index contributed by atoms with van der Waals surface area (Å²) in [6, 6.07) is 8.15. The molecule has 3 aromatic rings. The zero-order valence-corrected chi connectivity index (χ0v) is 16.7. The number of carbonyl (C=O) groups excluding carboxylic acids is 1. The predicted octanol–water partition coefficient (Wildman–Crippen LogP) is 4.62. The lowest BCUT2D eigenvalue weighted by Gasteiger charge is -2.27. The number of pyridine rings is 1. The summed E-state index contributed by atoms with van der Waals surface area (Å²) < 4.78 is 2.02. The van der Waals surface area contributed by atoms with Crippen LogP contribution in [0.3, 0.4) is 0 Å². The highest BCUT2D eigenvalue weighted by Crippen LogP contribution is 2.29. The molecule has 0 saturated carbocycles. The summed E-state index contributed by atoms with van der Waals surface area (Å²) >= 11 is 0. The van der Waals surface area contributed by atoms with E-state index in [4.69, 9.17) is 0 Å². The van der Waals surface area contributed by atoms with Gasteiger partial charge < -0.3 is 4.90 Å². The molecule has 1 aromatic carbocycles. The van der Waals surface area contributed by atoms with Crippen molar-refractivity contribution in [2.24, 2.45) is 0 Å². The quantitative estimate of drug-likeness (QED) is 0.617. The number of aromatic nitrogens is 2. The lowest BCUT2D eigenvalue weighted by molar-refractivity contribution is 0.0723. The molecular weight excluding hydrogens is 346 g/mol. The van der Waals surface area contributed by atoms with Gasteiger partial charge in [0.25, 0.3) is 5.91 Å². The molecule has 142 valence electrons. The fraction of sp³-hybridized carbons (Fsp3) is 0.333.